The molecule has 0 saturated heterocycles. The first-order valence-corrected chi connectivity index (χ1v) is 7.31. The third kappa shape index (κ3) is 3.68. The number of rotatable bonds is 6. The molecule has 2 nitrogen and oxygen atoms in total. The number of hydrogen-bond acceptors (Lipinski definition) is 2. The van der Waals surface area contributed by atoms with Gasteiger partial charge in [-0.25, -0.2) is 4.39 Å². The van der Waals surface area contributed by atoms with E-state index in [-0.39, 0.29) is 11.9 Å². The second kappa shape index (κ2) is 6.21. The maximum absolute atomic E-state index is 13.2. The molecule has 1 aromatic rings. The molecule has 1 saturated carbocycles. The molecule has 0 radical (unpaired) electrons. The number of halogens is 2. The fraction of sp³-hybridized carbons (Fsp3) is 0.600. The fourth-order valence-electron chi connectivity index (χ4n) is 2.57. The van der Waals surface area contributed by atoms with Crippen LogP contribution >= 0.6 is 11.6 Å². The van der Waals surface area contributed by atoms with Gasteiger partial charge in [0.05, 0.1) is 0 Å². The van der Waals surface area contributed by atoms with Crippen molar-refractivity contribution in [2.75, 3.05) is 13.1 Å². The Labute approximate surface area is 119 Å². The predicted molar refractivity (Wildman–Crippen MR) is 77.8 cm³/mol. The van der Waals surface area contributed by atoms with Crippen LogP contribution in [-0.2, 0) is 0 Å². The molecule has 0 amide bonds. The molecule has 1 aliphatic rings. The summed E-state index contributed by atoms with van der Waals surface area (Å²) < 4.78 is 13.2. The summed E-state index contributed by atoms with van der Waals surface area (Å²) in [7, 11) is 0. The van der Waals surface area contributed by atoms with Crippen LogP contribution in [0.25, 0.3) is 0 Å². The van der Waals surface area contributed by atoms with Crippen molar-refractivity contribution in [3.05, 3.63) is 34.6 Å². The van der Waals surface area contributed by atoms with E-state index in [1.54, 1.807) is 6.07 Å². The third-order valence-electron chi connectivity index (χ3n) is 3.54. The highest BCUT2D eigenvalue weighted by molar-refractivity contribution is 6.31. The van der Waals surface area contributed by atoms with Gasteiger partial charge < -0.3 is 5.73 Å². The van der Waals surface area contributed by atoms with Gasteiger partial charge in [0.2, 0.25) is 0 Å². The number of benzene rings is 1. The van der Waals surface area contributed by atoms with Gasteiger partial charge in [0.25, 0.3) is 0 Å². The highest BCUT2D eigenvalue weighted by atomic mass is 35.5. The van der Waals surface area contributed by atoms with E-state index in [2.05, 4.69) is 18.7 Å². The second-order valence-electron chi connectivity index (χ2n) is 5.74. The largest absolute Gasteiger partial charge is 0.329 e. The fourth-order valence-corrected chi connectivity index (χ4v) is 2.86. The zero-order valence-electron chi connectivity index (χ0n) is 11.6. The molecule has 1 aromatic carbocycles. The SMILES string of the molecule is CC(C)CN(C1CC1)C(CN)c1ccc(F)cc1Cl. The van der Waals surface area contributed by atoms with E-state index < -0.39 is 0 Å². The Balaban J connectivity index is 2.25. The van der Waals surface area contributed by atoms with Crippen LogP contribution in [0.4, 0.5) is 4.39 Å². The van der Waals surface area contributed by atoms with Crippen LogP contribution in [0.2, 0.25) is 5.02 Å². The van der Waals surface area contributed by atoms with Crippen molar-refractivity contribution in [1.82, 2.24) is 4.90 Å². The molecule has 0 spiro atoms. The lowest BCUT2D eigenvalue weighted by Gasteiger charge is -2.33. The molecule has 0 bridgehead atoms. The van der Waals surface area contributed by atoms with E-state index in [9.17, 15) is 4.39 Å². The second-order valence-corrected chi connectivity index (χ2v) is 6.15. The van der Waals surface area contributed by atoms with Crippen LogP contribution in [0, 0.1) is 11.7 Å². The molecule has 0 aromatic heterocycles. The molecular weight excluding hydrogens is 263 g/mol. The van der Waals surface area contributed by atoms with Crippen molar-refractivity contribution in [2.24, 2.45) is 11.7 Å². The minimum atomic E-state index is -0.300. The Kier molecular flexibility index (Phi) is 4.82. The van der Waals surface area contributed by atoms with E-state index in [4.69, 9.17) is 17.3 Å². The first-order chi connectivity index (χ1) is 9.02. The van der Waals surface area contributed by atoms with Crippen molar-refractivity contribution in [1.29, 1.82) is 0 Å². The molecule has 1 atom stereocenters. The lowest BCUT2D eigenvalue weighted by molar-refractivity contribution is 0.169. The van der Waals surface area contributed by atoms with Gasteiger partial charge >= 0.3 is 0 Å². The highest BCUT2D eigenvalue weighted by Crippen LogP contribution is 2.36. The molecule has 106 valence electrons. The Hall–Kier alpha value is -0.640. The van der Waals surface area contributed by atoms with Crippen LogP contribution in [0.1, 0.15) is 38.3 Å². The minimum absolute atomic E-state index is 0.0861. The van der Waals surface area contributed by atoms with Gasteiger partial charge in [-0.15, -0.1) is 0 Å². The quantitative estimate of drug-likeness (QED) is 0.865. The van der Waals surface area contributed by atoms with E-state index in [0.29, 0.717) is 23.5 Å². The highest BCUT2D eigenvalue weighted by Gasteiger charge is 2.35. The molecule has 0 heterocycles. The monoisotopic (exact) mass is 284 g/mol. The standard InChI is InChI=1S/C15H22ClFN2/c1-10(2)9-19(12-4-5-12)15(8-18)13-6-3-11(17)7-14(13)16/h3,6-7,10,12,15H,4-5,8-9,18H2,1-2H3. The Bertz CT molecular complexity index is 432. The van der Waals surface area contributed by atoms with Crippen LogP contribution in [-0.4, -0.2) is 24.0 Å². The van der Waals surface area contributed by atoms with E-state index in [1.165, 1.54) is 25.0 Å². The molecule has 1 unspecified atom stereocenters. The minimum Gasteiger partial charge on any atom is -0.329 e. The van der Waals surface area contributed by atoms with Gasteiger partial charge in [0, 0.05) is 30.2 Å². The molecule has 2 rings (SSSR count). The summed E-state index contributed by atoms with van der Waals surface area (Å²) in [6, 6.07) is 5.30. The number of hydrogen-bond donors (Lipinski definition) is 1. The van der Waals surface area contributed by atoms with Crippen LogP contribution in [0.3, 0.4) is 0 Å². The summed E-state index contributed by atoms with van der Waals surface area (Å²) in [6.45, 7) is 5.92. The molecule has 4 heteroatoms. The van der Waals surface area contributed by atoms with Gasteiger partial charge in [-0.05, 0) is 36.5 Å². The van der Waals surface area contributed by atoms with Gasteiger partial charge in [-0.1, -0.05) is 31.5 Å². The van der Waals surface area contributed by atoms with Crippen molar-refractivity contribution in [3.63, 3.8) is 0 Å². The maximum atomic E-state index is 13.2. The summed E-state index contributed by atoms with van der Waals surface area (Å²) >= 11 is 6.19. The van der Waals surface area contributed by atoms with Crippen molar-refractivity contribution < 1.29 is 4.39 Å². The summed E-state index contributed by atoms with van der Waals surface area (Å²) in [4.78, 5) is 2.43. The molecule has 2 N–H and O–H groups in total. The van der Waals surface area contributed by atoms with Gasteiger partial charge in [-0.2, -0.15) is 0 Å². The predicted octanol–water partition coefficient (Wildman–Crippen LogP) is 3.60. The van der Waals surface area contributed by atoms with Gasteiger partial charge in [0.15, 0.2) is 0 Å². The lowest BCUT2D eigenvalue weighted by atomic mass is 10.0. The van der Waals surface area contributed by atoms with Crippen LogP contribution < -0.4 is 5.73 Å². The summed E-state index contributed by atoms with van der Waals surface area (Å²) in [5.41, 5.74) is 6.90. The van der Waals surface area contributed by atoms with Crippen molar-refractivity contribution in [3.8, 4) is 0 Å². The van der Waals surface area contributed by atoms with Crippen LogP contribution in [0.5, 0.6) is 0 Å². The summed E-state index contributed by atoms with van der Waals surface area (Å²) in [5, 5.41) is 0.477. The first kappa shape index (κ1) is 14.8. The van der Waals surface area contributed by atoms with Gasteiger partial charge in [0.1, 0.15) is 5.82 Å². The summed E-state index contributed by atoms with van der Waals surface area (Å²) in [6.07, 6.45) is 2.45. The zero-order valence-corrected chi connectivity index (χ0v) is 12.3. The molecule has 0 aliphatic heterocycles. The normalized spacial score (nSPS) is 17.2. The molecule has 1 aliphatic carbocycles. The van der Waals surface area contributed by atoms with Crippen LogP contribution in [0.15, 0.2) is 18.2 Å². The molecular formula is C15H22ClFN2. The number of nitrogens with two attached hydrogens (primary N) is 1. The van der Waals surface area contributed by atoms with E-state index >= 15 is 0 Å². The third-order valence-corrected chi connectivity index (χ3v) is 3.86. The molecule has 19 heavy (non-hydrogen) atoms. The molecule has 1 fully saturated rings. The van der Waals surface area contributed by atoms with Crippen molar-refractivity contribution in [2.45, 2.75) is 38.8 Å². The summed E-state index contributed by atoms with van der Waals surface area (Å²) in [5.74, 6) is 0.278. The van der Waals surface area contributed by atoms with E-state index in [0.717, 1.165) is 12.1 Å². The Morgan fingerprint density at radius 3 is 2.58 bits per heavy atom. The maximum Gasteiger partial charge on any atom is 0.124 e. The average molecular weight is 285 g/mol. The average Bonchev–Trinajstić information content (AvgIpc) is 3.14. The van der Waals surface area contributed by atoms with Crippen molar-refractivity contribution >= 4 is 11.6 Å². The Morgan fingerprint density at radius 1 is 1.42 bits per heavy atom. The lowest BCUT2D eigenvalue weighted by Crippen LogP contribution is -2.38. The topological polar surface area (TPSA) is 29.3 Å². The first-order valence-electron chi connectivity index (χ1n) is 6.93. The Morgan fingerprint density at radius 2 is 2.11 bits per heavy atom. The van der Waals surface area contributed by atoms with Gasteiger partial charge in [-0.3, -0.25) is 4.90 Å². The zero-order chi connectivity index (χ0) is 14.0. The van der Waals surface area contributed by atoms with E-state index in [1.807, 2.05) is 0 Å². The number of nitrogens with zero attached hydrogens (tertiary/aromatic N) is 1. The smallest absolute Gasteiger partial charge is 0.124 e.